The lowest BCUT2D eigenvalue weighted by atomic mass is 10.1. The first kappa shape index (κ1) is 18.9. The van der Waals surface area contributed by atoms with Crippen molar-refractivity contribution < 1.29 is 9.53 Å². The fraction of sp³-hybridized carbons (Fsp3) is 0.611. The zero-order chi connectivity index (χ0) is 16.5. The van der Waals surface area contributed by atoms with Crippen LogP contribution in [0.15, 0.2) is 18.2 Å². The fourth-order valence-corrected chi connectivity index (χ4v) is 3.10. The molecule has 0 heterocycles. The van der Waals surface area contributed by atoms with Gasteiger partial charge in [-0.05, 0) is 38.2 Å². The molecule has 0 amide bonds. The van der Waals surface area contributed by atoms with Crippen molar-refractivity contribution in [1.82, 2.24) is 0 Å². The summed E-state index contributed by atoms with van der Waals surface area (Å²) in [6.45, 7) is 13.0. The summed E-state index contributed by atoms with van der Waals surface area (Å²) in [5, 5.41) is 0.559. The smallest absolute Gasteiger partial charge is 0.167 e. The Morgan fingerprint density at radius 1 is 1.23 bits per heavy atom. The Kier molecular flexibility index (Phi) is 8.39. The average molecular weight is 324 g/mol. The molecule has 124 valence electrons. The SMILES string of the molecule is CCOc1cc(N(CC)CC)ccc1C(=O)CCSC(C)C. The van der Waals surface area contributed by atoms with Crippen LogP contribution < -0.4 is 9.64 Å². The van der Waals surface area contributed by atoms with Crippen LogP contribution in [0.5, 0.6) is 5.75 Å². The molecule has 0 saturated heterocycles. The highest BCUT2D eigenvalue weighted by Gasteiger charge is 2.15. The number of ether oxygens (including phenoxy) is 1. The minimum absolute atomic E-state index is 0.169. The van der Waals surface area contributed by atoms with Crippen LogP contribution in [-0.2, 0) is 0 Å². The van der Waals surface area contributed by atoms with E-state index in [0.717, 1.165) is 24.5 Å². The van der Waals surface area contributed by atoms with Crippen molar-refractivity contribution in [3.8, 4) is 5.75 Å². The number of hydrogen-bond acceptors (Lipinski definition) is 4. The molecule has 0 bridgehead atoms. The van der Waals surface area contributed by atoms with Gasteiger partial charge in [0.1, 0.15) is 5.75 Å². The molecule has 0 fully saturated rings. The third-order valence-corrected chi connectivity index (χ3v) is 4.58. The summed E-state index contributed by atoms with van der Waals surface area (Å²) in [4.78, 5) is 14.7. The van der Waals surface area contributed by atoms with Crippen molar-refractivity contribution in [2.45, 2.75) is 46.3 Å². The van der Waals surface area contributed by atoms with Gasteiger partial charge in [0.25, 0.3) is 0 Å². The van der Waals surface area contributed by atoms with Crippen molar-refractivity contribution in [3.63, 3.8) is 0 Å². The number of hydrogen-bond donors (Lipinski definition) is 0. The lowest BCUT2D eigenvalue weighted by Crippen LogP contribution is -2.22. The third-order valence-electron chi connectivity index (χ3n) is 3.47. The van der Waals surface area contributed by atoms with Gasteiger partial charge in [-0.3, -0.25) is 4.79 Å². The predicted octanol–water partition coefficient (Wildman–Crippen LogP) is 4.65. The molecule has 1 aromatic rings. The summed E-state index contributed by atoms with van der Waals surface area (Å²) in [5.74, 6) is 1.74. The van der Waals surface area contributed by atoms with E-state index in [-0.39, 0.29) is 5.78 Å². The second-order valence-corrected chi connectivity index (χ2v) is 7.06. The van der Waals surface area contributed by atoms with Crippen LogP contribution in [-0.4, -0.2) is 36.5 Å². The predicted molar refractivity (Wildman–Crippen MR) is 97.7 cm³/mol. The summed E-state index contributed by atoms with van der Waals surface area (Å²) in [6.07, 6.45) is 0.563. The number of thioether (sulfide) groups is 1. The Hall–Kier alpha value is -1.16. The normalized spacial score (nSPS) is 10.8. The number of carbonyl (C=O) groups is 1. The van der Waals surface area contributed by atoms with Gasteiger partial charge in [-0.15, -0.1) is 0 Å². The molecule has 0 spiro atoms. The average Bonchev–Trinajstić information content (AvgIpc) is 2.48. The van der Waals surface area contributed by atoms with Crippen LogP contribution in [0.25, 0.3) is 0 Å². The topological polar surface area (TPSA) is 29.5 Å². The lowest BCUT2D eigenvalue weighted by molar-refractivity contribution is 0.0986. The third kappa shape index (κ3) is 5.56. The maximum atomic E-state index is 12.4. The van der Waals surface area contributed by atoms with Gasteiger partial charge in [0.2, 0.25) is 0 Å². The minimum Gasteiger partial charge on any atom is -0.493 e. The fourth-order valence-electron chi connectivity index (χ4n) is 2.32. The van der Waals surface area contributed by atoms with Crippen LogP contribution in [0.1, 0.15) is 51.4 Å². The first-order valence-electron chi connectivity index (χ1n) is 8.19. The van der Waals surface area contributed by atoms with Gasteiger partial charge in [-0.25, -0.2) is 0 Å². The highest BCUT2D eigenvalue weighted by molar-refractivity contribution is 7.99. The zero-order valence-corrected chi connectivity index (χ0v) is 15.3. The van der Waals surface area contributed by atoms with Crippen molar-refractivity contribution in [2.24, 2.45) is 0 Å². The molecule has 1 rings (SSSR count). The molecule has 0 unspecified atom stereocenters. The number of ketones is 1. The van der Waals surface area contributed by atoms with Crippen LogP contribution in [0.3, 0.4) is 0 Å². The molecular weight excluding hydrogens is 294 g/mol. The van der Waals surface area contributed by atoms with Crippen LogP contribution >= 0.6 is 11.8 Å². The number of carbonyl (C=O) groups excluding carboxylic acids is 1. The Labute approximate surface area is 139 Å². The second kappa shape index (κ2) is 9.78. The number of rotatable bonds is 10. The molecule has 4 heteroatoms. The van der Waals surface area contributed by atoms with E-state index < -0.39 is 0 Å². The molecule has 3 nitrogen and oxygen atoms in total. The number of nitrogens with zero attached hydrogens (tertiary/aromatic N) is 1. The second-order valence-electron chi connectivity index (χ2n) is 5.38. The standard InChI is InChI=1S/C18H29NO2S/c1-6-19(7-2)15-9-10-16(18(13-15)21-8-3)17(20)11-12-22-14(4)5/h9-10,13-14H,6-8,11-12H2,1-5H3. The zero-order valence-electron chi connectivity index (χ0n) is 14.5. The van der Waals surface area contributed by atoms with Gasteiger partial charge in [-0.1, -0.05) is 13.8 Å². The van der Waals surface area contributed by atoms with E-state index in [2.05, 4.69) is 32.6 Å². The van der Waals surface area contributed by atoms with Gasteiger partial charge in [-0.2, -0.15) is 11.8 Å². The molecule has 0 aliphatic rings. The Balaban J connectivity index is 2.91. The van der Waals surface area contributed by atoms with E-state index >= 15 is 0 Å². The van der Waals surface area contributed by atoms with E-state index in [1.165, 1.54) is 0 Å². The van der Waals surface area contributed by atoms with E-state index in [4.69, 9.17) is 4.74 Å². The summed E-state index contributed by atoms with van der Waals surface area (Å²) in [5.41, 5.74) is 1.82. The van der Waals surface area contributed by atoms with Crippen LogP contribution in [0.4, 0.5) is 5.69 Å². The monoisotopic (exact) mass is 323 g/mol. The van der Waals surface area contributed by atoms with Crippen molar-refractivity contribution in [1.29, 1.82) is 0 Å². The summed E-state index contributed by atoms with van der Waals surface area (Å²) in [7, 11) is 0. The minimum atomic E-state index is 0.169. The van der Waals surface area contributed by atoms with Crippen molar-refractivity contribution in [3.05, 3.63) is 23.8 Å². The molecule has 1 aromatic carbocycles. The Morgan fingerprint density at radius 3 is 2.45 bits per heavy atom. The summed E-state index contributed by atoms with van der Waals surface area (Å²) < 4.78 is 5.71. The quantitative estimate of drug-likeness (QED) is 0.586. The largest absolute Gasteiger partial charge is 0.493 e. The maximum Gasteiger partial charge on any atom is 0.167 e. The Bertz CT molecular complexity index is 470. The molecule has 0 aliphatic carbocycles. The first-order valence-corrected chi connectivity index (χ1v) is 9.24. The van der Waals surface area contributed by atoms with Gasteiger partial charge in [0, 0.05) is 37.0 Å². The maximum absolute atomic E-state index is 12.4. The summed E-state index contributed by atoms with van der Waals surface area (Å²) in [6, 6.07) is 5.94. The highest BCUT2D eigenvalue weighted by atomic mass is 32.2. The van der Waals surface area contributed by atoms with E-state index in [9.17, 15) is 4.79 Å². The summed E-state index contributed by atoms with van der Waals surface area (Å²) >= 11 is 1.82. The first-order chi connectivity index (χ1) is 10.5. The number of Topliss-reactive ketones (excluding diaryl/α,β-unsaturated/α-hetero) is 1. The van der Waals surface area contributed by atoms with Gasteiger partial charge in [0.05, 0.1) is 12.2 Å². The molecule has 0 radical (unpaired) electrons. The number of anilines is 1. The molecule has 0 atom stereocenters. The number of benzene rings is 1. The van der Waals surface area contributed by atoms with E-state index in [1.807, 2.05) is 36.9 Å². The molecule has 22 heavy (non-hydrogen) atoms. The van der Waals surface area contributed by atoms with Gasteiger partial charge in [0.15, 0.2) is 5.78 Å². The van der Waals surface area contributed by atoms with Crippen LogP contribution in [0, 0.1) is 0 Å². The van der Waals surface area contributed by atoms with Gasteiger partial charge < -0.3 is 9.64 Å². The molecule has 0 saturated carbocycles. The molecular formula is C18H29NO2S. The van der Waals surface area contributed by atoms with Crippen molar-refractivity contribution in [2.75, 3.05) is 30.3 Å². The van der Waals surface area contributed by atoms with E-state index in [1.54, 1.807) is 0 Å². The molecule has 0 aliphatic heterocycles. The lowest BCUT2D eigenvalue weighted by Gasteiger charge is -2.22. The van der Waals surface area contributed by atoms with E-state index in [0.29, 0.717) is 29.6 Å². The van der Waals surface area contributed by atoms with Crippen molar-refractivity contribution >= 4 is 23.2 Å². The van der Waals surface area contributed by atoms with Crippen LogP contribution in [0.2, 0.25) is 0 Å². The Morgan fingerprint density at radius 2 is 1.91 bits per heavy atom. The van der Waals surface area contributed by atoms with Gasteiger partial charge >= 0.3 is 0 Å². The highest BCUT2D eigenvalue weighted by Crippen LogP contribution is 2.27. The molecule has 0 N–H and O–H groups in total. The molecule has 0 aromatic heterocycles.